The summed E-state index contributed by atoms with van der Waals surface area (Å²) in [5.74, 6) is 0. The molecule has 0 saturated heterocycles. The molecule has 0 aromatic carbocycles. The number of hydrogen-bond acceptors (Lipinski definition) is 12. The number of sulfonamides is 6. The van der Waals surface area contributed by atoms with Crippen LogP contribution in [-0.4, -0.2) is 83.6 Å². The van der Waals surface area contributed by atoms with Gasteiger partial charge in [-0.2, -0.15) is 79.0 Å². The molecule has 0 aliphatic heterocycles. The molecule has 0 aromatic rings. The molecular weight excluding hydrogens is 1000 g/mol. The quantitative estimate of drug-likeness (QED) is 0.348. The third kappa shape index (κ3) is 15.4. The Balaban J connectivity index is -0.000000285. The minimum atomic E-state index is -6.72. The zero-order valence-electron chi connectivity index (χ0n) is 18.8. The van der Waals surface area contributed by atoms with Crippen LogP contribution >= 0.6 is 0 Å². The summed E-state index contributed by atoms with van der Waals surface area (Å²) in [5.41, 5.74) is -37.2. The number of alkyl halides is 18. The largest absolute Gasteiger partial charge is 3.00 e. The second-order valence-corrected chi connectivity index (χ2v) is 16.0. The zero-order valence-corrected chi connectivity index (χ0v) is 25.7. The molecule has 0 amide bonds. The van der Waals surface area contributed by atoms with Crippen LogP contribution in [0.2, 0.25) is 0 Å². The van der Waals surface area contributed by atoms with E-state index in [4.69, 9.17) is 0 Å². The van der Waals surface area contributed by atoms with Crippen molar-refractivity contribution in [3.8, 4) is 0 Å². The minimum absolute atomic E-state index is 0. The summed E-state index contributed by atoms with van der Waals surface area (Å²) in [5, 5.41) is 0. The standard InChI is InChI=1S/3C2F6NO4S2.Dy/c3*3-1(4,5)14(10,11)9-15(12,13)2(6,7)8;/q3*-1;+3. The van der Waals surface area contributed by atoms with Gasteiger partial charge >= 0.3 is 71.2 Å². The summed E-state index contributed by atoms with van der Waals surface area (Å²) in [6.07, 6.45) is 0. The van der Waals surface area contributed by atoms with Gasteiger partial charge in [-0.15, -0.1) is 0 Å². The Morgan fingerprint density at radius 2 is 0.304 bits per heavy atom. The first-order valence-electron chi connectivity index (χ1n) is 7.72. The van der Waals surface area contributed by atoms with Gasteiger partial charge in [-0.25, -0.2) is 50.5 Å². The van der Waals surface area contributed by atoms with Gasteiger partial charge in [0, 0.05) is 0 Å². The normalized spacial score (nSPS) is 15.0. The summed E-state index contributed by atoms with van der Waals surface area (Å²) in [6.45, 7) is 0. The first-order chi connectivity index (χ1) is 18.6. The van der Waals surface area contributed by atoms with E-state index in [1.165, 1.54) is 0 Å². The van der Waals surface area contributed by atoms with E-state index in [1.807, 2.05) is 0 Å². The molecule has 15 nitrogen and oxygen atoms in total. The Labute approximate surface area is 271 Å². The van der Waals surface area contributed by atoms with Crippen molar-refractivity contribution in [2.75, 3.05) is 0 Å². The predicted octanol–water partition coefficient (Wildman–Crippen LogP) is 3.18. The molecule has 0 bridgehead atoms. The van der Waals surface area contributed by atoms with Crippen molar-refractivity contribution in [2.45, 2.75) is 33.0 Å². The van der Waals surface area contributed by atoms with Crippen molar-refractivity contribution < 1.29 is 168 Å². The monoisotopic (exact) mass is 1000 g/mol. The van der Waals surface area contributed by atoms with Crippen LogP contribution in [0.5, 0.6) is 0 Å². The van der Waals surface area contributed by atoms with Crippen LogP contribution in [0.1, 0.15) is 0 Å². The third-order valence-electron chi connectivity index (χ3n) is 2.34. The molecular formula is C6DyF18N3O12S6. The molecule has 0 unspecified atom stereocenters. The fraction of sp³-hybridized carbons (Fsp3) is 1.00. The van der Waals surface area contributed by atoms with Crippen LogP contribution in [0.3, 0.4) is 0 Å². The van der Waals surface area contributed by atoms with Gasteiger partial charge in [-0.05, 0) is 0 Å². The predicted molar refractivity (Wildman–Crippen MR) is 99.9 cm³/mol. The molecule has 0 rings (SSSR count). The summed E-state index contributed by atoms with van der Waals surface area (Å²) >= 11 is 0. The molecule has 0 spiro atoms. The zero-order chi connectivity index (χ0) is 38.1. The third-order valence-corrected chi connectivity index (χ3v) is 10.6. The van der Waals surface area contributed by atoms with Gasteiger partial charge in [0.25, 0.3) is 0 Å². The SMILES string of the molecule is O=S(=O)([N-]S(=O)(=O)C(F)(F)F)C(F)(F)F.O=S(=O)([N-]S(=O)(=O)C(F)(F)F)C(F)(F)F.O=S(=O)([N-]S(=O)(=O)C(F)(F)F)C(F)(F)F.[Dy+3]. The molecule has 0 heterocycles. The van der Waals surface area contributed by atoms with Gasteiger partial charge in [-0.3, -0.25) is 0 Å². The second kappa shape index (κ2) is 15.2. The molecule has 46 heavy (non-hydrogen) atoms. The van der Waals surface area contributed by atoms with E-state index >= 15 is 0 Å². The Kier molecular flexibility index (Phi) is 17.4. The molecule has 0 aliphatic rings. The molecule has 0 fully saturated rings. The van der Waals surface area contributed by atoms with Crippen LogP contribution < -0.4 is 0 Å². The van der Waals surface area contributed by atoms with Gasteiger partial charge in [0.1, 0.15) is 0 Å². The molecule has 0 aliphatic carbocycles. The van der Waals surface area contributed by atoms with Crippen LogP contribution in [0.15, 0.2) is 0 Å². The summed E-state index contributed by atoms with van der Waals surface area (Å²) < 4.78 is 328. The minimum Gasteiger partial charge on any atom is -0.421 e. The van der Waals surface area contributed by atoms with Gasteiger partial charge < -0.3 is 12.4 Å². The number of halogens is 18. The van der Waals surface area contributed by atoms with Gasteiger partial charge in [0.2, 0.25) is 0 Å². The maximum atomic E-state index is 11.4. The van der Waals surface area contributed by atoms with Gasteiger partial charge in [-0.1, -0.05) is 0 Å². The first-order valence-corrected chi connectivity index (χ1v) is 16.4. The molecule has 40 heteroatoms. The van der Waals surface area contributed by atoms with Gasteiger partial charge in [0.05, 0.1) is 0 Å². The fourth-order valence-corrected chi connectivity index (χ4v) is 5.77. The summed E-state index contributed by atoms with van der Waals surface area (Å²) in [4.78, 5) is 0. The Bertz CT molecular complexity index is 1370. The number of hydrogen-bond donors (Lipinski definition) is 0. The topological polar surface area (TPSA) is 247 Å². The maximum Gasteiger partial charge on any atom is 3.00 e. The molecule has 0 aromatic heterocycles. The van der Waals surface area contributed by atoms with Crippen molar-refractivity contribution >= 4 is 60.1 Å². The van der Waals surface area contributed by atoms with Crippen molar-refractivity contribution in [3.63, 3.8) is 0 Å². The Morgan fingerprint density at radius 1 is 0.239 bits per heavy atom. The summed E-state index contributed by atoms with van der Waals surface area (Å²) in [7, 11) is -40.3. The molecule has 0 atom stereocenters. The smallest absolute Gasteiger partial charge is 0.421 e. The number of nitrogens with zero attached hydrogens (tertiary/aromatic N) is 3. The Morgan fingerprint density at radius 3 is 0.348 bits per heavy atom. The van der Waals surface area contributed by atoms with E-state index < -0.39 is 93.2 Å². The van der Waals surface area contributed by atoms with E-state index in [9.17, 15) is 130 Å². The number of rotatable bonds is 6. The fourth-order valence-electron chi connectivity index (χ4n) is 0.641. The Hall–Kier alpha value is -0.407. The average molecular weight is 1000 g/mol. The summed E-state index contributed by atoms with van der Waals surface area (Å²) in [6, 6.07) is 0. The van der Waals surface area contributed by atoms with Crippen LogP contribution in [0.4, 0.5) is 79.0 Å². The average Bonchev–Trinajstić information content (AvgIpc) is 2.61. The van der Waals surface area contributed by atoms with E-state index in [0.717, 1.165) is 12.4 Å². The van der Waals surface area contributed by atoms with E-state index in [0.29, 0.717) is 0 Å². The van der Waals surface area contributed by atoms with E-state index in [-0.39, 0.29) is 38.2 Å². The van der Waals surface area contributed by atoms with Crippen molar-refractivity contribution in [2.24, 2.45) is 0 Å². The van der Waals surface area contributed by atoms with Gasteiger partial charge in [0.15, 0.2) is 60.1 Å². The molecule has 1 radical (unpaired) electrons. The maximum absolute atomic E-state index is 11.4. The van der Waals surface area contributed by atoms with Crippen LogP contribution in [0.25, 0.3) is 12.4 Å². The van der Waals surface area contributed by atoms with Crippen molar-refractivity contribution in [1.29, 1.82) is 0 Å². The van der Waals surface area contributed by atoms with Crippen molar-refractivity contribution in [1.82, 2.24) is 0 Å². The van der Waals surface area contributed by atoms with Crippen molar-refractivity contribution in [3.05, 3.63) is 12.4 Å². The first kappa shape index (κ1) is 52.4. The second-order valence-electron chi connectivity index (χ2n) is 5.75. The van der Waals surface area contributed by atoms with Crippen LogP contribution in [0, 0.1) is 38.2 Å². The molecule has 0 saturated carbocycles. The molecule has 283 valence electrons. The van der Waals surface area contributed by atoms with E-state index in [2.05, 4.69) is 0 Å². The van der Waals surface area contributed by atoms with E-state index in [1.54, 1.807) is 0 Å². The molecule has 0 N–H and O–H groups in total. The van der Waals surface area contributed by atoms with Crippen LogP contribution in [-0.2, 0) is 60.1 Å².